The summed E-state index contributed by atoms with van der Waals surface area (Å²) in [6, 6.07) is 2.47. The molecule has 0 aromatic carbocycles. The SMILES string of the molecule is CN(Cc1cnn(C)c1)S(=O)(=O)c1ccc(=O)[nH]c1. The van der Waals surface area contributed by atoms with Crippen LogP contribution in [0.2, 0.25) is 0 Å². The van der Waals surface area contributed by atoms with Crippen molar-refractivity contribution >= 4 is 10.0 Å². The Morgan fingerprint density at radius 3 is 2.68 bits per heavy atom. The average Bonchev–Trinajstić information content (AvgIpc) is 2.75. The van der Waals surface area contributed by atoms with Gasteiger partial charge in [-0.15, -0.1) is 0 Å². The van der Waals surface area contributed by atoms with Gasteiger partial charge in [0.25, 0.3) is 0 Å². The molecule has 0 amide bonds. The average molecular weight is 282 g/mol. The second-order valence-electron chi connectivity index (χ2n) is 4.17. The van der Waals surface area contributed by atoms with Crippen LogP contribution in [0.15, 0.2) is 40.4 Å². The third-order valence-electron chi connectivity index (χ3n) is 2.63. The van der Waals surface area contributed by atoms with Crippen LogP contribution in [0.3, 0.4) is 0 Å². The van der Waals surface area contributed by atoms with Crippen LogP contribution in [0.5, 0.6) is 0 Å². The first-order valence-electron chi connectivity index (χ1n) is 5.52. The summed E-state index contributed by atoms with van der Waals surface area (Å²) < 4.78 is 27.3. The summed E-state index contributed by atoms with van der Waals surface area (Å²) in [5.41, 5.74) is 0.451. The molecule has 19 heavy (non-hydrogen) atoms. The van der Waals surface area contributed by atoms with Gasteiger partial charge in [-0.1, -0.05) is 0 Å². The van der Waals surface area contributed by atoms with Gasteiger partial charge in [0.05, 0.1) is 11.1 Å². The molecule has 0 radical (unpaired) electrons. The standard InChI is InChI=1S/C11H14N4O3S/c1-14-7-9(5-13-14)8-15(2)19(17,18)10-3-4-11(16)12-6-10/h3-7H,8H2,1-2H3,(H,12,16). The van der Waals surface area contributed by atoms with Crippen molar-refractivity contribution < 1.29 is 8.42 Å². The predicted octanol–water partition coefficient (Wildman–Crippen LogP) is -0.0709. The lowest BCUT2D eigenvalue weighted by Gasteiger charge is -2.15. The van der Waals surface area contributed by atoms with Gasteiger partial charge in [0.2, 0.25) is 15.6 Å². The molecule has 0 saturated carbocycles. The normalized spacial score (nSPS) is 11.9. The van der Waals surface area contributed by atoms with Crippen LogP contribution in [0.4, 0.5) is 0 Å². The van der Waals surface area contributed by atoms with Crippen LogP contribution >= 0.6 is 0 Å². The van der Waals surface area contributed by atoms with Crippen molar-refractivity contribution in [1.29, 1.82) is 0 Å². The summed E-state index contributed by atoms with van der Waals surface area (Å²) in [5.74, 6) is 0. The maximum Gasteiger partial charge on any atom is 0.247 e. The molecule has 0 fully saturated rings. The van der Waals surface area contributed by atoms with Crippen molar-refractivity contribution in [3.63, 3.8) is 0 Å². The summed E-state index contributed by atoms with van der Waals surface area (Å²) in [4.78, 5) is 13.3. The minimum Gasteiger partial charge on any atom is -0.328 e. The molecule has 7 nitrogen and oxygen atoms in total. The molecule has 2 aromatic heterocycles. The number of nitrogens with one attached hydrogen (secondary N) is 1. The van der Waals surface area contributed by atoms with E-state index in [1.54, 1.807) is 24.1 Å². The first-order chi connectivity index (χ1) is 8.89. The van der Waals surface area contributed by atoms with Gasteiger partial charge < -0.3 is 4.98 Å². The highest BCUT2D eigenvalue weighted by atomic mass is 32.2. The van der Waals surface area contributed by atoms with Crippen molar-refractivity contribution in [1.82, 2.24) is 19.1 Å². The second kappa shape index (κ2) is 4.98. The largest absolute Gasteiger partial charge is 0.328 e. The van der Waals surface area contributed by atoms with Crippen molar-refractivity contribution in [3.8, 4) is 0 Å². The van der Waals surface area contributed by atoms with Gasteiger partial charge >= 0.3 is 0 Å². The number of aromatic nitrogens is 3. The number of nitrogens with zero attached hydrogens (tertiary/aromatic N) is 3. The van der Waals surface area contributed by atoms with Crippen molar-refractivity contribution in [2.24, 2.45) is 7.05 Å². The van der Waals surface area contributed by atoms with Gasteiger partial charge in [0.15, 0.2) is 0 Å². The Labute approximate surface area is 110 Å². The number of hydrogen-bond donors (Lipinski definition) is 1. The molecular formula is C11H14N4O3S. The van der Waals surface area contributed by atoms with Gasteiger partial charge in [-0.25, -0.2) is 8.42 Å². The third kappa shape index (κ3) is 2.91. The molecule has 2 aromatic rings. The van der Waals surface area contributed by atoms with E-state index in [9.17, 15) is 13.2 Å². The summed E-state index contributed by atoms with van der Waals surface area (Å²) in [6.07, 6.45) is 4.55. The van der Waals surface area contributed by atoms with E-state index in [4.69, 9.17) is 0 Å². The molecule has 0 bridgehead atoms. The molecule has 0 unspecified atom stereocenters. The maximum absolute atomic E-state index is 12.2. The summed E-state index contributed by atoms with van der Waals surface area (Å²) in [5, 5.41) is 3.98. The van der Waals surface area contributed by atoms with E-state index in [0.717, 1.165) is 5.56 Å². The number of sulfonamides is 1. The quantitative estimate of drug-likeness (QED) is 0.850. The highest BCUT2D eigenvalue weighted by Crippen LogP contribution is 2.14. The number of hydrogen-bond acceptors (Lipinski definition) is 4. The molecule has 0 atom stereocenters. The van der Waals surface area contributed by atoms with Crippen molar-refractivity contribution in [2.45, 2.75) is 11.4 Å². The Bertz CT molecular complexity index is 712. The lowest BCUT2D eigenvalue weighted by atomic mass is 10.4. The summed E-state index contributed by atoms with van der Waals surface area (Å²) >= 11 is 0. The molecule has 0 aliphatic heterocycles. The molecule has 2 heterocycles. The highest BCUT2D eigenvalue weighted by molar-refractivity contribution is 7.89. The van der Waals surface area contributed by atoms with E-state index in [1.807, 2.05) is 0 Å². The maximum atomic E-state index is 12.2. The Hall–Kier alpha value is -1.93. The number of rotatable bonds is 4. The van der Waals surface area contributed by atoms with E-state index < -0.39 is 10.0 Å². The third-order valence-corrected chi connectivity index (χ3v) is 4.43. The van der Waals surface area contributed by atoms with Gasteiger partial charge in [-0.3, -0.25) is 9.48 Å². The molecular weight excluding hydrogens is 268 g/mol. The first kappa shape index (κ1) is 13.5. The summed E-state index contributed by atoms with van der Waals surface area (Å²) in [7, 11) is -0.375. The molecule has 8 heteroatoms. The Morgan fingerprint density at radius 2 is 2.16 bits per heavy atom. The zero-order valence-electron chi connectivity index (χ0n) is 10.6. The lowest BCUT2D eigenvalue weighted by Crippen LogP contribution is -2.27. The zero-order chi connectivity index (χ0) is 14.0. The van der Waals surface area contributed by atoms with E-state index in [2.05, 4.69) is 10.1 Å². The number of pyridine rings is 1. The molecule has 0 saturated heterocycles. The smallest absolute Gasteiger partial charge is 0.247 e. The first-order valence-corrected chi connectivity index (χ1v) is 6.96. The molecule has 0 spiro atoms. The fourth-order valence-corrected chi connectivity index (χ4v) is 2.76. The van der Waals surface area contributed by atoms with Gasteiger partial charge in [0, 0.05) is 44.7 Å². The van der Waals surface area contributed by atoms with Crippen LogP contribution in [0.25, 0.3) is 0 Å². The van der Waals surface area contributed by atoms with Crippen LogP contribution in [0.1, 0.15) is 5.56 Å². The van der Waals surface area contributed by atoms with Crippen molar-refractivity contribution in [3.05, 3.63) is 46.6 Å². The van der Waals surface area contributed by atoms with Crippen LogP contribution < -0.4 is 5.56 Å². The fourth-order valence-electron chi connectivity index (χ4n) is 1.63. The van der Waals surface area contributed by atoms with Gasteiger partial charge in [0.1, 0.15) is 0 Å². The molecule has 2 rings (SSSR count). The molecule has 102 valence electrons. The fraction of sp³-hybridized carbons (Fsp3) is 0.273. The van der Waals surface area contributed by atoms with Crippen LogP contribution in [-0.4, -0.2) is 34.5 Å². The topological polar surface area (TPSA) is 88.1 Å². The molecule has 1 N–H and O–H groups in total. The van der Waals surface area contributed by atoms with Crippen molar-refractivity contribution in [2.75, 3.05) is 7.05 Å². The van der Waals surface area contributed by atoms with E-state index in [0.29, 0.717) is 0 Å². The predicted molar refractivity (Wildman–Crippen MR) is 68.9 cm³/mol. The second-order valence-corrected chi connectivity index (χ2v) is 6.22. The Balaban J connectivity index is 2.24. The lowest BCUT2D eigenvalue weighted by molar-refractivity contribution is 0.466. The Kier molecular flexibility index (Phi) is 3.54. The number of H-pyrrole nitrogens is 1. The number of aryl methyl sites for hydroxylation is 1. The van der Waals surface area contributed by atoms with Crippen LogP contribution in [-0.2, 0) is 23.6 Å². The molecule has 0 aliphatic rings. The van der Waals surface area contributed by atoms with E-state index >= 15 is 0 Å². The Morgan fingerprint density at radius 1 is 1.42 bits per heavy atom. The van der Waals surface area contributed by atoms with Crippen LogP contribution in [0, 0.1) is 0 Å². The monoisotopic (exact) mass is 282 g/mol. The van der Waals surface area contributed by atoms with Gasteiger partial charge in [-0.05, 0) is 6.07 Å². The van der Waals surface area contributed by atoms with E-state index in [1.165, 1.54) is 29.7 Å². The summed E-state index contributed by atoms with van der Waals surface area (Å²) in [6.45, 7) is 0.218. The molecule has 0 aliphatic carbocycles. The van der Waals surface area contributed by atoms with E-state index in [-0.39, 0.29) is 17.0 Å². The highest BCUT2D eigenvalue weighted by Gasteiger charge is 2.21. The number of aromatic amines is 1. The minimum absolute atomic E-state index is 0.0542. The zero-order valence-corrected chi connectivity index (χ0v) is 11.4. The van der Waals surface area contributed by atoms with Gasteiger partial charge in [-0.2, -0.15) is 9.40 Å². The minimum atomic E-state index is -3.62.